The highest BCUT2D eigenvalue weighted by molar-refractivity contribution is 7.89. The molecule has 0 atom stereocenters. The molecule has 5 nitrogen and oxygen atoms in total. The molecule has 98 valence electrons. The zero-order valence-electron chi connectivity index (χ0n) is 9.98. The van der Waals surface area contributed by atoms with Crippen LogP contribution in [0, 0.1) is 6.92 Å². The monoisotopic (exact) mass is 277 g/mol. The molecule has 1 rings (SSSR count). The quantitative estimate of drug-likeness (QED) is 0.683. The van der Waals surface area contributed by atoms with E-state index in [2.05, 4.69) is 9.71 Å². The third kappa shape index (κ3) is 6.11. The molecule has 0 amide bonds. The topological polar surface area (TPSA) is 85.1 Å². The minimum Gasteiger partial charge on any atom is -0.330 e. The fraction of sp³-hybridized carbons (Fsp3) is 0.700. The molecule has 0 radical (unpaired) electrons. The van der Waals surface area contributed by atoms with Crippen molar-refractivity contribution in [2.24, 2.45) is 5.73 Å². The summed E-state index contributed by atoms with van der Waals surface area (Å²) in [6, 6.07) is 0. The summed E-state index contributed by atoms with van der Waals surface area (Å²) in [5, 5.41) is 2.96. The van der Waals surface area contributed by atoms with Gasteiger partial charge in [0.25, 0.3) is 0 Å². The molecule has 0 aliphatic carbocycles. The lowest BCUT2D eigenvalue weighted by molar-refractivity contribution is 0.577. The van der Waals surface area contributed by atoms with Crippen molar-refractivity contribution in [2.75, 3.05) is 18.8 Å². The molecule has 7 heteroatoms. The van der Waals surface area contributed by atoms with Crippen LogP contribution in [0.15, 0.2) is 5.38 Å². The molecule has 1 aromatic heterocycles. The maximum Gasteiger partial charge on any atom is 0.211 e. The minimum atomic E-state index is -3.15. The lowest BCUT2D eigenvalue weighted by Crippen LogP contribution is -2.28. The van der Waals surface area contributed by atoms with Crippen molar-refractivity contribution in [1.29, 1.82) is 0 Å². The van der Waals surface area contributed by atoms with Crippen LogP contribution in [0.1, 0.15) is 23.5 Å². The summed E-state index contributed by atoms with van der Waals surface area (Å²) < 4.78 is 25.6. The SMILES string of the molecule is Cc1nc(CCNS(=O)(=O)CCCCN)cs1. The van der Waals surface area contributed by atoms with E-state index in [1.807, 2.05) is 12.3 Å². The van der Waals surface area contributed by atoms with Crippen molar-refractivity contribution in [2.45, 2.75) is 26.2 Å². The lowest BCUT2D eigenvalue weighted by atomic mass is 10.3. The number of aromatic nitrogens is 1. The summed E-state index contributed by atoms with van der Waals surface area (Å²) in [4.78, 5) is 4.27. The van der Waals surface area contributed by atoms with Gasteiger partial charge in [0, 0.05) is 18.3 Å². The van der Waals surface area contributed by atoms with Crippen molar-refractivity contribution in [3.8, 4) is 0 Å². The van der Waals surface area contributed by atoms with Crippen molar-refractivity contribution in [3.63, 3.8) is 0 Å². The molecular weight excluding hydrogens is 258 g/mol. The van der Waals surface area contributed by atoms with Crippen LogP contribution in [0.25, 0.3) is 0 Å². The number of nitrogens with two attached hydrogens (primary N) is 1. The highest BCUT2D eigenvalue weighted by Crippen LogP contribution is 2.07. The van der Waals surface area contributed by atoms with Gasteiger partial charge in [0.05, 0.1) is 16.5 Å². The van der Waals surface area contributed by atoms with Crippen LogP contribution in [0.2, 0.25) is 0 Å². The number of sulfonamides is 1. The van der Waals surface area contributed by atoms with Gasteiger partial charge in [0.15, 0.2) is 0 Å². The van der Waals surface area contributed by atoms with Crippen LogP contribution < -0.4 is 10.5 Å². The van der Waals surface area contributed by atoms with Gasteiger partial charge in [-0.05, 0) is 26.3 Å². The molecule has 0 aliphatic heterocycles. The molecule has 0 aliphatic rings. The number of nitrogens with zero attached hydrogens (tertiary/aromatic N) is 1. The van der Waals surface area contributed by atoms with E-state index in [1.165, 1.54) is 0 Å². The number of hydrogen-bond acceptors (Lipinski definition) is 5. The Kier molecular flexibility index (Phi) is 6.04. The number of nitrogens with one attached hydrogen (secondary N) is 1. The van der Waals surface area contributed by atoms with E-state index in [4.69, 9.17) is 5.73 Å². The fourth-order valence-corrected chi connectivity index (χ4v) is 3.15. The highest BCUT2D eigenvalue weighted by atomic mass is 32.2. The van der Waals surface area contributed by atoms with Gasteiger partial charge in [-0.3, -0.25) is 0 Å². The Hall–Kier alpha value is -0.500. The third-order valence-corrected chi connectivity index (χ3v) is 4.53. The van der Waals surface area contributed by atoms with Gasteiger partial charge in [-0.15, -0.1) is 11.3 Å². The van der Waals surface area contributed by atoms with Crippen molar-refractivity contribution >= 4 is 21.4 Å². The molecule has 1 aromatic rings. The average Bonchev–Trinajstić information content (AvgIpc) is 2.64. The number of hydrogen-bond donors (Lipinski definition) is 2. The van der Waals surface area contributed by atoms with Crippen LogP contribution >= 0.6 is 11.3 Å². The number of unbranched alkanes of at least 4 members (excludes halogenated alkanes) is 1. The first-order chi connectivity index (χ1) is 8.03. The summed E-state index contributed by atoms with van der Waals surface area (Å²) in [7, 11) is -3.15. The molecule has 0 spiro atoms. The molecule has 0 fully saturated rings. The van der Waals surface area contributed by atoms with Gasteiger partial charge in [0.1, 0.15) is 0 Å². The van der Waals surface area contributed by atoms with Gasteiger partial charge in [-0.1, -0.05) is 0 Å². The highest BCUT2D eigenvalue weighted by Gasteiger charge is 2.09. The van der Waals surface area contributed by atoms with Gasteiger partial charge in [-0.2, -0.15) is 0 Å². The zero-order chi connectivity index (χ0) is 12.7. The molecule has 3 N–H and O–H groups in total. The number of thiazole rings is 1. The van der Waals surface area contributed by atoms with E-state index >= 15 is 0 Å². The molecule has 0 unspecified atom stereocenters. The minimum absolute atomic E-state index is 0.153. The fourth-order valence-electron chi connectivity index (χ4n) is 1.37. The molecule has 0 saturated heterocycles. The van der Waals surface area contributed by atoms with E-state index in [9.17, 15) is 8.42 Å². The zero-order valence-corrected chi connectivity index (χ0v) is 11.6. The first kappa shape index (κ1) is 14.6. The molecule has 0 aromatic carbocycles. The molecular formula is C10H19N3O2S2. The Bertz CT molecular complexity index is 429. The van der Waals surface area contributed by atoms with E-state index in [0.717, 1.165) is 17.1 Å². The van der Waals surface area contributed by atoms with Gasteiger partial charge in [-0.25, -0.2) is 18.1 Å². The normalized spacial score (nSPS) is 11.9. The van der Waals surface area contributed by atoms with Crippen LogP contribution in [0.3, 0.4) is 0 Å². The second-order valence-corrected chi connectivity index (χ2v) is 6.81. The van der Waals surface area contributed by atoms with E-state index in [0.29, 0.717) is 25.9 Å². The van der Waals surface area contributed by atoms with Crippen LogP contribution in [-0.2, 0) is 16.4 Å². The summed E-state index contributed by atoms with van der Waals surface area (Å²) in [6.07, 6.45) is 1.99. The standard InChI is InChI=1S/C10H19N3O2S2/c1-9-13-10(8-16-9)4-6-12-17(14,15)7-3-2-5-11/h8,12H,2-7,11H2,1H3. The largest absolute Gasteiger partial charge is 0.330 e. The second kappa shape index (κ2) is 7.05. The molecule has 0 bridgehead atoms. The number of rotatable bonds is 8. The average molecular weight is 277 g/mol. The summed E-state index contributed by atoms with van der Waals surface area (Å²) in [5.41, 5.74) is 6.26. The first-order valence-corrected chi connectivity index (χ1v) is 8.15. The molecule has 0 saturated carbocycles. The van der Waals surface area contributed by atoms with Crippen LogP contribution in [0.4, 0.5) is 0 Å². The summed E-state index contributed by atoms with van der Waals surface area (Å²) in [6.45, 7) is 2.88. The Morgan fingerprint density at radius 3 is 2.82 bits per heavy atom. The Morgan fingerprint density at radius 2 is 2.24 bits per heavy atom. The van der Waals surface area contributed by atoms with Crippen LogP contribution in [0.5, 0.6) is 0 Å². The maximum atomic E-state index is 11.5. The van der Waals surface area contributed by atoms with Crippen LogP contribution in [-0.4, -0.2) is 32.2 Å². The lowest BCUT2D eigenvalue weighted by Gasteiger charge is -2.05. The first-order valence-electron chi connectivity index (χ1n) is 5.62. The van der Waals surface area contributed by atoms with E-state index < -0.39 is 10.0 Å². The van der Waals surface area contributed by atoms with Gasteiger partial charge < -0.3 is 5.73 Å². The smallest absolute Gasteiger partial charge is 0.211 e. The van der Waals surface area contributed by atoms with Crippen molar-refractivity contribution in [3.05, 3.63) is 16.1 Å². The predicted molar refractivity (Wildman–Crippen MR) is 70.6 cm³/mol. The van der Waals surface area contributed by atoms with Crippen molar-refractivity contribution in [1.82, 2.24) is 9.71 Å². The summed E-state index contributed by atoms with van der Waals surface area (Å²) in [5.74, 6) is 0.153. The maximum absolute atomic E-state index is 11.5. The van der Waals surface area contributed by atoms with E-state index in [1.54, 1.807) is 11.3 Å². The van der Waals surface area contributed by atoms with E-state index in [-0.39, 0.29) is 5.75 Å². The third-order valence-electron chi connectivity index (χ3n) is 2.24. The van der Waals surface area contributed by atoms with Gasteiger partial charge >= 0.3 is 0 Å². The van der Waals surface area contributed by atoms with Crippen molar-refractivity contribution < 1.29 is 8.42 Å². The second-order valence-electron chi connectivity index (χ2n) is 3.82. The van der Waals surface area contributed by atoms with Gasteiger partial charge in [0.2, 0.25) is 10.0 Å². The predicted octanol–water partition coefficient (Wildman–Crippen LogP) is 0.652. The Balaban J connectivity index is 2.25. The Morgan fingerprint density at radius 1 is 1.47 bits per heavy atom. The number of aryl methyl sites for hydroxylation is 1. The Labute approximate surface area is 106 Å². The summed E-state index contributed by atoms with van der Waals surface area (Å²) >= 11 is 1.58. The molecule has 17 heavy (non-hydrogen) atoms. The molecule has 1 heterocycles.